The average Bonchev–Trinajstić information content (AvgIpc) is 3.06. The van der Waals surface area contributed by atoms with E-state index < -0.39 is 5.60 Å². The number of nitrogens with zero attached hydrogens (tertiary/aromatic N) is 1. The molecule has 3 rings (SSSR count). The van der Waals surface area contributed by atoms with Crippen LogP contribution in [0.15, 0.2) is 18.2 Å². The van der Waals surface area contributed by atoms with Gasteiger partial charge in [-0.2, -0.15) is 0 Å². The van der Waals surface area contributed by atoms with Crippen LogP contribution < -0.4 is 4.90 Å². The second-order valence-electron chi connectivity index (χ2n) is 6.54. The summed E-state index contributed by atoms with van der Waals surface area (Å²) in [5.74, 6) is 0.714. The van der Waals surface area contributed by atoms with Gasteiger partial charge >= 0.3 is 6.09 Å². The van der Waals surface area contributed by atoms with Gasteiger partial charge in [0.15, 0.2) is 0 Å². The number of hydrogen-bond donors (Lipinski definition) is 0. The molecule has 1 aromatic rings. The predicted octanol–water partition coefficient (Wildman–Crippen LogP) is 3.86. The van der Waals surface area contributed by atoms with Crippen LogP contribution in [0.4, 0.5) is 10.5 Å². The van der Waals surface area contributed by atoms with Crippen molar-refractivity contribution in [2.75, 3.05) is 11.4 Å². The first-order chi connectivity index (χ1) is 8.94. The molecule has 102 valence electrons. The van der Waals surface area contributed by atoms with Crippen molar-refractivity contribution in [1.82, 2.24) is 0 Å². The molecule has 1 heterocycles. The average molecular weight is 259 g/mol. The molecule has 1 aliphatic carbocycles. The van der Waals surface area contributed by atoms with Gasteiger partial charge in [-0.1, -0.05) is 12.1 Å². The second kappa shape index (κ2) is 4.26. The molecule has 0 unspecified atom stereocenters. The molecular formula is C16H21NO2. The van der Waals surface area contributed by atoms with Crippen LogP contribution in [0.1, 0.15) is 50.7 Å². The molecule has 3 heteroatoms. The van der Waals surface area contributed by atoms with E-state index in [1.165, 1.54) is 24.0 Å². The van der Waals surface area contributed by atoms with E-state index in [0.717, 1.165) is 18.7 Å². The number of rotatable bonds is 1. The van der Waals surface area contributed by atoms with E-state index in [1.807, 2.05) is 20.8 Å². The van der Waals surface area contributed by atoms with Gasteiger partial charge in [-0.3, -0.25) is 4.90 Å². The molecule has 0 spiro atoms. The van der Waals surface area contributed by atoms with Crippen molar-refractivity contribution in [2.24, 2.45) is 0 Å². The lowest BCUT2D eigenvalue weighted by molar-refractivity contribution is 0.0584. The molecule has 0 radical (unpaired) electrons. The van der Waals surface area contributed by atoms with E-state index >= 15 is 0 Å². The topological polar surface area (TPSA) is 29.5 Å². The van der Waals surface area contributed by atoms with Gasteiger partial charge in [0.25, 0.3) is 0 Å². The maximum absolute atomic E-state index is 12.2. The first-order valence-electron chi connectivity index (χ1n) is 7.07. The number of carbonyl (C=O) groups excluding carboxylic acids is 1. The second-order valence-corrected chi connectivity index (χ2v) is 6.54. The molecule has 3 nitrogen and oxygen atoms in total. The molecular weight excluding hydrogens is 238 g/mol. The largest absolute Gasteiger partial charge is 0.443 e. The number of benzene rings is 1. The maximum atomic E-state index is 12.2. The summed E-state index contributed by atoms with van der Waals surface area (Å²) in [5, 5.41) is 0. The fraction of sp³-hybridized carbons (Fsp3) is 0.562. The molecule has 1 amide bonds. The summed E-state index contributed by atoms with van der Waals surface area (Å²) >= 11 is 0. The van der Waals surface area contributed by atoms with Crippen LogP contribution in [0.2, 0.25) is 0 Å². The summed E-state index contributed by atoms with van der Waals surface area (Å²) < 4.78 is 5.48. The van der Waals surface area contributed by atoms with Crippen molar-refractivity contribution in [3.8, 4) is 0 Å². The van der Waals surface area contributed by atoms with Gasteiger partial charge in [-0.25, -0.2) is 4.79 Å². The maximum Gasteiger partial charge on any atom is 0.414 e. The van der Waals surface area contributed by atoms with Crippen LogP contribution >= 0.6 is 0 Å². The van der Waals surface area contributed by atoms with Gasteiger partial charge in [0.2, 0.25) is 0 Å². The van der Waals surface area contributed by atoms with Crippen molar-refractivity contribution in [1.29, 1.82) is 0 Å². The molecule has 0 aromatic heterocycles. The summed E-state index contributed by atoms with van der Waals surface area (Å²) in [4.78, 5) is 14.0. The lowest BCUT2D eigenvalue weighted by Crippen LogP contribution is -2.35. The highest BCUT2D eigenvalue weighted by atomic mass is 16.6. The molecule has 0 saturated heterocycles. The Hall–Kier alpha value is -1.51. The third-order valence-corrected chi connectivity index (χ3v) is 3.67. The number of anilines is 1. The van der Waals surface area contributed by atoms with Crippen LogP contribution in [0, 0.1) is 0 Å². The zero-order valence-electron chi connectivity index (χ0n) is 11.9. The van der Waals surface area contributed by atoms with E-state index in [1.54, 1.807) is 4.90 Å². The van der Waals surface area contributed by atoms with E-state index in [2.05, 4.69) is 18.2 Å². The van der Waals surface area contributed by atoms with Crippen molar-refractivity contribution >= 4 is 11.8 Å². The first-order valence-corrected chi connectivity index (χ1v) is 7.07. The van der Waals surface area contributed by atoms with Crippen LogP contribution in [0.25, 0.3) is 0 Å². The monoisotopic (exact) mass is 259 g/mol. The highest BCUT2D eigenvalue weighted by Crippen LogP contribution is 2.42. The van der Waals surface area contributed by atoms with Crippen molar-refractivity contribution in [2.45, 2.75) is 51.6 Å². The van der Waals surface area contributed by atoms with Gasteiger partial charge < -0.3 is 4.74 Å². The fourth-order valence-corrected chi connectivity index (χ4v) is 2.57. The zero-order valence-corrected chi connectivity index (χ0v) is 11.9. The Kier molecular flexibility index (Phi) is 2.80. The van der Waals surface area contributed by atoms with E-state index in [4.69, 9.17) is 4.74 Å². The molecule has 1 fully saturated rings. The standard InChI is InChI=1S/C16H21NO2/c1-16(2,3)19-15(18)17-9-8-12-6-7-13(10-14(12)17)11-4-5-11/h6-7,10-11H,4-5,8-9H2,1-3H3. The molecule has 2 aliphatic rings. The molecule has 1 aromatic carbocycles. The SMILES string of the molecule is CC(C)(C)OC(=O)N1CCc2ccc(C3CC3)cc21. The molecule has 0 N–H and O–H groups in total. The molecule has 0 bridgehead atoms. The van der Waals surface area contributed by atoms with Crippen LogP contribution in [0.5, 0.6) is 0 Å². The number of carbonyl (C=O) groups is 1. The summed E-state index contributed by atoms with van der Waals surface area (Å²) in [6.45, 7) is 6.45. The van der Waals surface area contributed by atoms with E-state index in [-0.39, 0.29) is 6.09 Å². The van der Waals surface area contributed by atoms with Gasteiger partial charge in [0.1, 0.15) is 5.60 Å². The van der Waals surface area contributed by atoms with Gasteiger partial charge in [-0.05, 0) is 63.1 Å². The van der Waals surface area contributed by atoms with Gasteiger partial charge in [-0.15, -0.1) is 0 Å². The third-order valence-electron chi connectivity index (χ3n) is 3.67. The zero-order chi connectivity index (χ0) is 13.6. The van der Waals surface area contributed by atoms with Gasteiger partial charge in [0, 0.05) is 6.54 Å². The van der Waals surface area contributed by atoms with Gasteiger partial charge in [0.05, 0.1) is 5.69 Å². The Morgan fingerprint density at radius 2 is 2.05 bits per heavy atom. The van der Waals surface area contributed by atoms with E-state index in [9.17, 15) is 4.79 Å². The van der Waals surface area contributed by atoms with Crippen molar-refractivity contribution in [3.63, 3.8) is 0 Å². The van der Waals surface area contributed by atoms with Crippen molar-refractivity contribution < 1.29 is 9.53 Å². The molecule has 0 atom stereocenters. The Labute approximate surface area is 114 Å². The molecule has 1 saturated carbocycles. The van der Waals surface area contributed by atoms with E-state index in [0.29, 0.717) is 5.92 Å². The van der Waals surface area contributed by atoms with Crippen LogP contribution in [0.3, 0.4) is 0 Å². The number of hydrogen-bond acceptors (Lipinski definition) is 2. The minimum absolute atomic E-state index is 0.223. The summed E-state index contributed by atoms with van der Waals surface area (Å²) in [6, 6.07) is 6.58. The fourth-order valence-electron chi connectivity index (χ4n) is 2.57. The lowest BCUT2D eigenvalue weighted by Gasteiger charge is -2.25. The predicted molar refractivity (Wildman–Crippen MR) is 75.7 cm³/mol. The van der Waals surface area contributed by atoms with Crippen LogP contribution in [-0.2, 0) is 11.2 Å². The summed E-state index contributed by atoms with van der Waals surface area (Å²) in [6.07, 6.45) is 3.27. The molecule has 19 heavy (non-hydrogen) atoms. The quantitative estimate of drug-likeness (QED) is 0.766. The summed E-state index contributed by atoms with van der Waals surface area (Å²) in [7, 11) is 0. The van der Waals surface area contributed by atoms with Crippen molar-refractivity contribution in [3.05, 3.63) is 29.3 Å². The summed E-state index contributed by atoms with van der Waals surface area (Å²) in [5.41, 5.74) is 3.25. The lowest BCUT2D eigenvalue weighted by atomic mass is 10.1. The third kappa shape index (κ3) is 2.60. The number of ether oxygens (including phenoxy) is 1. The minimum Gasteiger partial charge on any atom is -0.443 e. The minimum atomic E-state index is -0.437. The Morgan fingerprint density at radius 3 is 2.68 bits per heavy atom. The van der Waals surface area contributed by atoms with Crippen LogP contribution in [-0.4, -0.2) is 18.2 Å². The Bertz CT molecular complexity index is 512. The smallest absolute Gasteiger partial charge is 0.414 e. The normalized spacial score (nSPS) is 18.4. The number of fused-ring (bicyclic) bond motifs is 1. The number of amides is 1. The highest BCUT2D eigenvalue weighted by molar-refractivity contribution is 5.90. The Balaban J connectivity index is 1.84. The Morgan fingerprint density at radius 1 is 1.32 bits per heavy atom. The first kappa shape index (κ1) is 12.5. The highest BCUT2D eigenvalue weighted by Gasteiger charge is 2.31. The molecule has 1 aliphatic heterocycles.